The second kappa shape index (κ2) is 1.49. The highest BCUT2D eigenvalue weighted by molar-refractivity contribution is 7.80. The summed E-state index contributed by atoms with van der Waals surface area (Å²) in [5.41, 5.74) is -0.424. The molecule has 0 aromatic carbocycles. The zero-order valence-electron chi connectivity index (χ0n) is 3.33. The maximum absolute atomic E-state index is 10.0. The number of hydrogen-bond donors (Lipinski definition) is 2. The van der Waals surface area contributed by atoms with Gasteiger partial charge in [-0.15, -0.1) is 17.7 Å². The summed E-state index contributed by atoms with van der Waals surface area (Å²) >= 11 is 3.76. The minimum absolute atomic E-state index is 0.417. The van der Waals surface area contributed by atoms with Crippen molar-refractivity contribution in [1.29, 1.82) is 0 Å². The Morgan fingerprint density at radius 3 is 2.71 bits per heavy atom. The predicted molar refractivity (Wildman–Crippen MR) is 26.2 cm³/mol. The average Bonchev–Trinajstić information content (AvgIpc) is 1.87. The third-order valence-corrected chi connectivity index (χ3v) is 0.743. The highest BCUT2D eigenvalue weighted by Gasteiger charge is 2.10. The molecule has 1 atom stereocenters. The molecule has 1 rings (SSSR count). The summed E-state index contributed by atoms with van der Waals surface area (Å²) in [4.78, 5) is 10.0. The average molecular weight is 117 g/mol. The first-order valence-corrected chi connectivity index (χ1v) is 2.20. The number of amides is 2. The molecule has 0 fully saturated rings. The van der Waals surface area contributed by atoms with Gasteiger partial charge in [0, 0.05) is 0 Å². The van der Waals surface area contributed by atoms with E-state index in [4.69, 9.17) is 0 Å². The normalized spacial score (nSPS) is 28.1. The van der Waals surface area contributed by atoms with Gasteiger partial charge in [0.15, 0.2) is 5.50 Å². The maximum atomic E-state index is 10.0. The van der Waals surface area contributed by atoms with Crippen molar-refractivity contribution >= 4 is 18.7 Å². The van der Waals surface area contributed by atoms with Crippen LogP contribution in [0.4, 0.5) is 4.79 Å². The molecule has 0 aromatic rings. The summed E-state index contributed by atoms with van der Waals surface area (Å²) in [6.45, 7) is 0. The van der Waals surface area contributed by atoms with Crippen molar-refractivity contribution in [2.24, 2.45) is 10.2 Å². The third-order valence-electron chi connectivity index (χ3n) is 0.511. The van der Waals surface area contributed by atoms with Crippen LogP contribution in [0.15, 0.2) is 10.2 Å². The van der Waals surface area contributed by atoms with Gasteiger partial charge in [0.25, 0.3) is 0 Å². The molecule has 1 N–H and O–H groups in total. The summed E-state index contributed by atoms with van der Waals surface area (Å²) in [7, 11) is 0. The monoisotopic (exact) mass is 117 g/mol. The molecule has 1 heterocycles. The fourth-order valence-electron chi connectivity index (χ4n) is 0.275. The lowest BCUT2D eigenvalue weighted by Crippen LogP contribution is -2.19. The minimum Gasteiger partial charge on any atom is -0.303 e. The molecule has 0 aromatic heterocycles. The Balaban J connectivity index is 2.58. The van der Waals surface area contributed by atoms with E-state index in [1.54, 1.807) is 0 Å². The molecule has 7 heavy (non-hydrogen) atoms. The zero-order valence-corrected chi connectivity index (χ0v) is 4.22. The Morgan fingerprint density at radius 1 is 1.86 bits per heavy atom. The van der Waals surface area contributed by atoms with E-state index < -0.39 is 11.5 Å². The molecule has 0 saturated carbocycles. The van der Waals surface area contributed by atoms with Crippen molar-refractivity contribution < 1.29 is 4.79 Å². The standard InChI is InChI=1S/C2H3N3OS/c6-1-3-2(7)5-4-1/h2,7H,(H,3,6). The van der Waals surface area contributed by atoms with Crippen LogP contribution in [0.25, 0.3) is 0 Å². The summed E-state index contributed by atoms with van der Waals surface area (Å²) in [5.74, 6) is 0. The Hall–Kier alpha value is -0.580. The Kier molecular flexibility index (Phi) is 0.976. The first kappa shape index (κ1) is 4.58. The molecule has 0 bridgehead atoms. The molecule has 1 unspecified atom stereocenters. The number of nitrogens with one attached hydrogen (secondary N) is 1. The molecular formula is C2H3N3OS. The number of carbonyl (C=O) groups excluding carboxylic acids is 1. The number of hydrogen-bond acceptors (Lipinski definition) is 3. The van der Waals surface area contributed by atoms with Crippen LogP contribution in [0, 0.1) is 0 Å². The Bertz CT molecular complexity index is 122. The van der Waals surface area contributed by atoms with E-state index in [9.17, 15) is 4.79 Å². The number of carbonyl (C=O) groups is 1. The summed E-state index contributed by atoms with van der Waals surface area (Å²) in [5, 5.41) is 8.77. The largest absolute Gasteiger partial charge is 0.361 e. The van der Waals surface area contributed by atoms with Crippen LogP contribution in [0.3, 0.4) is 0 Å². The number of thiol groups is 1. The number of nitrogens with zero attached hydrogens (tertiary/aromatic N) is 2. The van der Waals surface area contributed by atoms with Crippen LogP contribution in [-0.2, 0) is 0 Å². The van der Waals surface area contributed by atoms with E-state index in [0.29, 0.717) is 0 Å². The first-order chi connectivity index (χ1) is 3.29. The van der Waals surface area contributed by atoms with Crippen molar-refractivity contribution in [3.8, 4) is 0 Å². The second-order valence-electron chi connectivity index (χ2n) is 1.04. The van der Waals surface area contributed by atoms with Gasteiger partial charge in [-0.3, -0.25) is 0 Å². The van der Waals surface area contributed by atoms with Crippen molar-refractivity contribution in [2.45, 2.75) is 5.50 Å². The van der Waals surface area contributed by atoms with Crippen LogP contribution in [0.5, 0.6) is 0 Å². The van der Waals surface area contributed by atoms with Gasteiger partial charge >= 0.3 is 6.03 Å². The number of rotatable bonds is 0. The lowest BCUT2D eigenvalue weighted by Gasteiger charge is -1.89. The van der Waals surface area contributed by atoms with E-state index in [2.05, 4.69) is 28.2 Å². The van der Waals surface area contributed by atoms with Gasteiger partial charge in [0.05, 0.1) is 0 Å². The van der Waals surface area contributed by atoms with Gasteiger partial charge in [-0.25, -0.2) is 4.79 Å². The maximum Gasteiger partial charge on any atom is 0.361 e. The molecule has 0 spiro atoms. The molecule has 38 valence electrons. The predicted octanol–water partition coefficient (Wildman–Crippen LogP) is 0.375. The van der Waals surface area contributed by atoms with E-state index in [1.807, 2.05) is 0 Å². The van der Waals surface area contributed by atoms with Crippen LogP contribution >= 0.6 is 12.6 Å². The van der Waals surface area contributed by atoms with Gasteiger partial charge in [-0.2, -0.15) is 0 Å². The lowest BCUT2D eigenvalue weighted by atomic mass is 11.0. The Labute approximate surface area is 45.4 Å². The van der Waals surface area contributed by atoms with E-state index >= 15 is 0 Å². The van der Waals surface area contributed by atoms with Gasteiger partial charge in [-0.1, -0.05) is 5.11 Å². The Morgan fingerprint density at radius 2 is 2.57 bits per heavy atom. The molecule has 0 aliphatic carbocycles. The van der Waals surface area contributed by atoms with Crippen molar-refractivity contribution in [2.75, 3.05) is 0 Å². The summed E-state index contributed by atoms with van der Waals surface area (Å²) in [6.07, 6.45) is 0. The third kappa shape index (κ3) is 0.894. The molecule has 0 radical (unpaired) electrons. The van der Waals surface area contributed by atoms with Crippen molar-refractivity contribution in [3.05, 3.63) is 0 Å². The fourth-order valence-corrected chi connectivity index (χ4v) is 0.437. The first-order valence-electron chi connectivity index (χ1n) is 1.68. The van der Waals surface area contributed by atoms with Crippen LogP contribution in [-0.4, -0.2) is 11.5 Å². The highest BCUT2D eigenvalue weighted by atomic mass is 32.1. The van der Waals surface area contributed by atoms with Gasteiger partial charge in [0.1, 0.15) is 0 Å². The zero-order chi connectivity index (χ0) is 5.28. The SMILES string of the molecule is O=C1N=NC(S)N1. The molecule has 1 aliphatic heterocycles. The van der Waals surface area contributed by atoms with Crippen LogP contribution in [0.1, 0.15) is 0 Å². The number of azo groups is 1. The molecule has 2 amide bonds. The highest BCUT2D eigenvalue weighted by Crippen LogP contribution is 1.99. The van der Waals surface area contributed by atoms with E-state index in [-0.39, 0.29) is 0 Å². The smallest absolute Gasteiger partial charge is 0.303 e. The van der Waals surface area contributed by atoms with Crippen molar-refractivity contribution in [3.63, 3.8) is 0 Å². The number of urea groups is 1. The molecular weight excluding hydrogens is 114 g/mol. The van der Waals surface area contributed by atoms with Crippen LogP contribution < -0.4 is 5.32 Å². The van der Waals surface area contributed by atoms with Crippen molar-refractivity contribution in [1.82, 2.24) is 5.32 Å². The molecule has 1 aliphatic rings. The van der Waals surface area contributed by atoms with Gasteiger partial charge < -0.3 is 5.32 Å². The molecule has 4 nitrogen and oxygen atoms in total. The quantitative estimate of drug-likeness (QED) is 0.442. The van der Waals surface area contributed by atoms with Crippen LogP contribution in [0.2, 0.25) is 0 Å². The minimum atomic E-state index is -0.424. The summed E-state index contributed by atoms with van der Waals surface area (Å²) in [6, 6.07) is -0.417. The lowest BCUT2D eigenvalue weighted by molar-refractivity contribution is 0.251. The summed E-state index contributed by atoms with van der Waals surface area (Å²) < 4.78 is 0. The fraction of sp³-hybridized carbons (Fsp3) is 0.500. The molecule has 0 saturated heterocycles. The van der Waals surface area contributed by atoms with Gasteiger partial charge in [-0.05, 0) is 0 Å². The molecule has 5 heteroatoms. The topological polar surface area (TPSA) is 53.8 Å². The second-order valence-corrected chi connectivity index (χ2v) is 1.53. The van der Waals surface area contributed by atoms with E-state index in [0.717, 1.165) is 0 Å². The van der Waals surface area contributed by atoms with Gasteiger partial charge in [0.2, 0.25) is 0 Å². The van der Waals surface area contributed by atoms with E-state index in [1.165, 1.54) is 0 Å².